The summed E-state index contributed by atoms with van der Waals surface area (Å²) in [5.74, 6) is -3.15. The van der Waals surface area contributed by atoms with E-state index in [0.29, 0.717) is 6.29 Å². The Morgan fingerprint density at radius 3 is 2.06 bits per heavy atom. The number of carbonyl (C=O) groups is 5. The number of anilines is 1. The van der Waals surface area contributed by atoms with Gasteiger partial charge in [-0.2, -0.15) is 0 Å². The van der Waals surface area contributed by atoms with Crippen LogP contribution in [-0.4, -0.2) is 67.5 Å². The van der Waals surface area contributed by atoms with E-state index in [4.69, 9.17) is 28.4 Å². The zero-order chi connectivity index (χ0) is 25.4. The summed E-state index contributed by atoms with van der Waals surface area (Å²) in [5, 5.41) is 11.4. The molecule has 1 aromatic carbocycles. The lowest BCUT2D eigenvalue weighted by Gasteiger charge is -2.44. The fourth-order valence-electron chi connectivity index (χ4n) is 3.21. The van der Waals surface area contributed by atoms with Gasteiger partial charge in [0.2, 0.25) is 12.4 Å². The number of carbonyl (C=O) groups excluding carboxylic acids is 5. The van der Waals surface area contributed by atoms with Crippen molar-refractivity contribution in [2.45, 2.75) is 58.4 Å². The van der Waals surface area contributed by atoms with Crippen molar-refractivity contribution in [2.24, 2.45) is 0 Å². The molecule has 1 saturated heterocycles. The second-order valence-corrected chi connectivity index (χ2v) is 7.16. The van der Waals surface area contributed by atoms with Crippen molar-refractivity contribution in [2.75, 3.05) is 12.1 Å². The number of hydrogen-bond acceptors (Lipinski definition) is 13. The average Bonchev–Trinajstić information content (AvgIpc) is 2.75. The Labute approximate surface area is 194 Å². The van der Waals surface area contributed by atoms with Gasteiger partial charge in [0.15, 0.2) is 12.2 Å². The summed E-state index contributed by atoms with van der Waals surface area (Å²) >= 11 is 0. The minimum absolute atomic E-state index is 0.0958. The van der Waals surface area contributed by atoms with Crippen LogP contribution in [0.4, 0.5) is 5.69 Å². The summed E-state index contributed by atoms with van der Waals surface area (Å²) in [5.41, 5.74) is 1.66. The molecule has 1 aliphatic heterocycles. The van der Waals surface area contributed by atoms with Crippen LogP contribution >= 0.6 is 0 Å². The summed E-state index contributed by atoms with van der Waals surface area (Å²) in [6, 6.07) is 3.85. The van der Waals surface area contributed by atoms with Crippen LogP contribution in [0.25, 0.3) is 0 Å². The van der Waals surface area contributed by atoms with Crippen molar-refractivity contribution in [3.8, 4) is 5.75 Å². The van der Waals surface area contributed by atoms with E-state index in [-0.39, 0.29) is 17.0 Å². The third-order valence-electron chi connectivity index (χ3n) is 4.44. The van der Waals surface area contributed by atoms with Gasteiger partial charge in [0, 0.05) is 33.3 Å². The highest BCUT2D eigenvalue weighted by atomic mass is 16.7. The van der Waals surface area contributed by atoms with Gasteiger partial charge in [0.05, 0.1) is 5.69 Å². The number of aldehydes is 1. The summed E-state index contributed by atoms with van der Waals surface area (Å²) in [6.45, 7) is 3.97. The highest BCUT2D eigenvalue weighted by Crippen LogP contribution is 2.33. The fourth-order valence-corrected chi connectivity index (χ4v) is 3.21. The van der Waals surface area contributed by atoms with E-state index >= 15 is 0 Å². The molecule has 1 fully saturated rings. The van der Waals surface area contributed by atoms with Gasteiger partial charge in [-0.1, -0.05) is 0 Å². The van der Waals surface area contributed by atoms with Crippen LogP contribution in [0.3, 0.4) is 0 Å². The van der Waals surface area contributed by atoms with Gasteiger partial charge >= 0.3 is 23.9 Å². The van der Waals surface area contributed by atoms with Gasteiger partial charge < -0.3 is 39.1 Å². The van der Waals surface area contributed by atoms with Gasteiger partial charge in [-0.05, 0) is 18.2 Å². The standard InChI is InChI=1S/C21H24NO12/c1-10(24)29-9-17-18(30-11(2)25)19(31-12(3)26)20(32-13(4)27)21(34-17)33-16-6-5-14(8-23)7-15(16)22-28/h5-8,17-22H,9H2,1-4H3/q-1/t17-,18+,19+,20-,21-/m1/s1. The lowest BCUT2D eigenvalue weighted by molar-refractivity contribution is -0.288. The van der Waals surface area contributed by atoms with Crippen molar-refractivity contribution in [1.29, 1.82) is 0 Å². The molecule has 1 aliphatic rings. The van der Waals surface area contributed by atoms with Crippen LogP contribution in [0, 0.1) is 5.21 Å². The van der Waals surface area contributed by atoms with Crippen molar-refractivity contribution in [1.82, 2.24) is 0 Å². The molecular weight excluding hydrogens is 458 g/mol. The van der Waals surface area contributed by atoms with Crippen LogP contribution in [-0.2, 0) is 42.9 Å². The Morgan fingerprint density at radius 1 is 0.941 bits per heavy atom. The highest BCUT2D eigenvalue weighted by Gasteiger charge is 2.53. The van der Waals surface area contributed by atoms with Crippen LogP contribution in [0.2, 0.25) is 0 Å². The quantitative estimate of drug-likeness (QED) is 0.227. The van der Waals surface area contributed by atoms with Crippen LogP contribution in [0.15, 0.2) is 18.2 Å². The fraction of sp³-hybridized carbons (Fsp3) is 0.476. The lowest BCUT2D eigenvalue weighted by Crippen LogP contribution is -2.63. The van der Waals surface area contributed by atoms with Crippen LogP contribution < -0.4 is 10.2 Å². The van der Waals surface area contributed by atoms with Gasteiger partial charge in [0.1, 0.15) is 24.7 Å². The summed E-state index contributed by atoms with van der Waals surface area (Å²) in [6.07, 6.45) is -6.47. The predicted molar refractivity (Wildman–Crippen MR) is 111 cm³/mol. The molecule has 34 heavy (non-hydrogen) atoms. The maximum absolute atomic E-state index is 11.8. The molecule has 1 N–H and O–H groups in total. The number of ether oxygens (including phenoxy) is 6. The molecule has 1 heterocycles. The molecule has 1 aromatic rings. The second kappa shape index (κ2) is 12.0. The molecule has 0 bridgehead atoms. The molecule has 0 aromatic heterocycles. The first-order valence-electron chi connectivity index (χ1n) is 10.00. The lowest BCUT2D eigenvalue weighted by atomic mass is 9.98. The average molecular weight is 482 g/mol. The number of nitrogens with one attached hydrogen (secondary N) is 1. The Hall–Kier alpha value is -3.71. The first-order chi connectivity index (χ1) is 16.0. The van der Waals surface area contributed by atoms with E-state index in [1.165, 1.54) is 18.2 Å². The van der Waals surface area contributed by atoms with Gasteiger partial charge in [-0.25, -0.2) is 0 Å². The van der Waals surface area contributed by atoms with E-state index in [1.807, 2.05) is 0 Å². The number of hydrogen-bond donors (Lipinski definition) is 1. The molecule has 0 saturated carbocycles. The number of esters is 4. The predicted octanol–water partition coefficient (Wildman–Crippen LogP) is 0.871. The monoisotopic (exact) mass is 482 g/mol. The smallest absolute Gasteiger partial charge is 0.303 e. The molecule has 0 radical (unpaired) electrons. The largest absolute Gasteiger partial charge is 0.761 e. The maximum atomic E-state index is 11.8. The maximum Gasteiger partial charge on any atom is 0.303 e. The molecule has 5 atom stereocenters. The summed E-state index contributed by atoms with van der Waals surface area (Å²) in [7, 11) is 0. The molecule has 0 aliphatic carbocycles. The van der Waals surface area contributed by atoms with E-state index in [2.05, 4.69) is 0 Å². The Balaban J connectivity index is 2.51. The Kier molecular flexibility index (Phi) is 9.33. The van der Waals surface area contributed by atoms with E-state index < -0.39 is 61.2 Å². The molecule has 2 rings (SSSR count). The normalized spacial score (nSPS) is 23.7. The molecule has 0 amide bonds. The topological polar surface area (TPSA) is 176 Å². The first kappa shape index (κ1) is 26.5. The molecule has 0 spiro atoms. The van der Waals surface area contributed by atoms with Crippen molar-refractivity contribution in [3.05, 3.63) is 29.0 Å². The van der Waals surface area contributed by atoms with Crippen LogP contribution in [0.5, 0.6) is 5.75 Å². The van der Waals surface area contributed by atoms with Crippen LogP contribution in [0.1, 0.15) is 38.1 Å². The van der Waals surface area contributed by atoms with Crippen molar-refractivity contribution in [3.63, 3.8) is 0 Å². The summed E-state index contributed by atoms with van der Waals surface area (Å²) in [4.78, 5) is 57.7. The third kappa shape index (κ3) is 7.15. The minimum Gasteiger partial charge on any atom is -0.761 e. The molecule has 13 nitrogen and oxygen atoms in total. The Morgan fingerprint density at radius 2 is 1.53 bits per heavy atom. The van der Waals surface area contributed by atoms with Gasteiger partial charge in [-0.3, -0.25) is 24.0 Å². The molecule has 186 valence electrons. The van der Waals surface area contributed by atoms with Gasteiger partial charge in [0.25, 0.3) is 0 Å². The number of benzene rings is 1. The minimum atomic E-state index is -1.52. The highest BCUT2D eigenvalue weighted by molar-refractivity contribution is 5.78. The second-order valence-electron chi connectivity index (χ2n) is 7.16. The molecule has 13 heteroatoms. The number of rotatable bonds is 9. The van der Waals surface area contributed by atoms with E-state index in [1.54, 1.807) is 5.48 Å². The Bertz CT molecular complexity index is 932. The van der Waals surface area contributed by atoms with Crippen molar-refractivity contribution < 1.29 is 52.4 Å². The summed E-state index contributed by atoms with van der Waals surface area (Å²) < 4.78 is 32.3. The third-order valence-corrected chi connectivity index (χ3v) is 4.44. The van der Waals surface area contributed by atoms with E-state index in [9.17, 15) is 29.2 Å². The zero-order valence-electron chi connectivity index (χ0n) is 18.8. The zero-order valence-corrected chi connectivity index (χ0v) is 18.8. The van der Waals surface area contributed by atoms with Crippen molar-refractivity contribution >= 4 is 35.9 Å². The SMILES string of the molecule is CC(=O)OC[C@H]1O[C@@H](Oc2ccc(C=O)cc2N[O-])[C@H](OC(C)=O)[C@@H](OC(C)=O)[C@H]1OC(C)=O. The molecule has 0 unspecified atom stereocenters. The molecular formula is C21H24NO12-. The van der Waals surface area contributed by atoms with E-state index in [0.717, 1.165) is 27.7 Å². The first-order valence-corrected chi connectivity index (χ1v) is 10.00. The van der Waals surface area contributed by atoms with Gasteiger partial charge in [-0.15, -0.1) is 0 Å².